The minimum Gasteiger partial charge on any atom is -0.497 e. The molecule has 0 bridgehead atoms. The van der Waals surface area contributed by atoms with Crippen LogP contribution in [0, 0.1) is 11.3 Å². The number of fused-ring (bicyclic) bond motifs is 1. The Morgan fingerprint density at radius 2 is 1.91 bits per heavy atom. The Morgan fingerprint density at radius 1 is 1.16 bits per heavy atom. The lowest BCUT2D eigenvalue weighted by atomic mass is 10.1. The third-order valence-corrected chi connectivity index (χ3v) is 6.34. The van der Waals surface area contributed by atoms with E-state index in [2.05, 4.69) is 22.9 Å². The summed E-state index contributed by atoms with van der Waals surface area (Å²) >= 11 is 0. The largest absolute Gasteiger partial charge is 0.497 e. The Labute approximate surface area is 192 Å². The number of nitriles is 1. The number of ether oxygens (including phenoxy) is 1. The molecule has 0 saturated heterocycles. The highest BCUT2D eigenvalue weighted by Gasteiger charge is 2.17. The first-order valence-electron chi connectivity index (χ1n) is 10.8. The summed E-state index contributed by atoms with van der Waals surface area (Å²) in [7, 11) is 2.39. The number of benzene rings is 2. The molecule has 1 aliphatic rings. The number of rotatable bonds is 6. The number of nitrogens with one attached hydrogen (secondary N) is 1. The molecule has 1 aliphatic carbocycles. The average Bonchev–Trinajstić information content (AvgIpc) is 3.12. The van der Waals surface area contributed by atoms with Gasteiger partial charge in [0.15, 0.2) is 0 Å². The second-order valence-electron chi connectivity index (χ2n) is 7.21. The molecular formula is C26H29N3O2S. The van der Waals surface area contributed by atoms with Gasteiger partial charge in [-0.15, -0.1) is 0 Å². The van der Waals surface area contributed by atoms with Crippen LogP contribution < -0.4 is 9.46 Å². The summed E-state index contributed by atoms with van der Waals surface area (Å²) in [6.45, 7) is 4.00. The predicted octanol–water partition coefficient (Wildman–Crippen LogP) is 6.10. The lowest BCUT2D eigenvalue weighted by Gasteiger charge is -2.10. The minimum absolute atomic E-state index is 0.488. The van der Waals surface area contributed by atoms with Crippen molar-refractivity contribution in [2.24, 2.45) is 7.05 Å². The molecular weight excluding hydrogens is 418 g/mol. The number of allylic oxidation sites excluding steroid dienone is 3. The molecule has 2 aromatic carbocycles. The van der Waals surface area contributed by atoms with Crippen LogP contribution in [0.4, 0.5) is 5.69 Å². The lowest BCUT2D eigenvalue weighted by Crippen LogP contribution is -2.10. The summed E-state index contributed by atoms with van der Waals surface area (Å²) in [5, 5.41) is 10.7. The summed E-state index contributed by atoms with van der Waals surface area (Å²) in [5.41, 5.74) is 5.25. The summed E-state index contributed by atoms with van der Waals surface area (Å²) in [4.78, 5) is 0. The molecule has 3 aromatic rings. The summed E-state index contributed by atoms with van der Waals surface area (Å²) in [6, 6.07) is 15.8. The van der Waals surface area contributed by atoms with Gasteiger partial charge < -0.3 is 14.0 Å². The fourth-order valence-corrected chi connectivity index (χ4v) is 4.77. The molecule has 0 spiro atoms. The fourth-order valence-electron chi connectivity index (χ4n) is 3.78. The van der Waals surface area contributed by atoms with Gasteiger partial charge in [0.1, 0.15) is 22.8 Å². The van der Waals surface area contributed by atoms with Crippen molar-refractivity contribution in [3.8, 4) is 23.1 Å². The molecule has 0 fully saturated rings. The maximum absolute atomic E-state index is 12.4. The van der Waals surface area contributed by atoms with E-state index in [9.17, 15) is 9.47 Å². The van der Waals surface area contributed by atoms with Crippen LogP contribution in [0.3, 0.4) is 0 Å². The Morgan fingerprint density at radius 3 is 2.53 bits per heavy atom. The Kier molecular flexibility index (Phi) is 7.91. The normalized spacial score (nSPS) is 13.5. The van der Waals surface area contributed by atoms with Gasteiger partial charge in [0, 0.05) is 24.2 Å². The lowest BCUT2D eigenvalue weighted by molar-refractivity contribution is 0.415. The van der Waals surface area contributed by atoms with E-state index in [1.807, 2.05) is 74.0 Å². The van der Waals surface area contributed by atoms with Crippen molar-refractivity contribution in [3.05, 3.63) is 71.8 Å². The van der Waals surface area contributed by atoms with Crippen LogP contribution in [-0.2, 0) is 18.0 Å². The van der Waals surface area contributed by atoms with Crippen LogP contribution in [0.1, 0.15) is 32.3 Å². The van der Waals surface area contributed by atoms with Crippen molar-refractivity contribution < 1.29 is 8.95 Å². The maximum atomic E-state index is 12.4. The van der Waals surface area contributed by atoms with Crippen molar-refractivity contribution in [2.45, 2.75) is 26.7 Å². The standard InChI is InChI=1S/C24H23N3O2S.C2H6/c1-27-23-14-20(29-2)12-13-21(23)22(15-25)24(27)18-8-10-19(11-9-18)26-30(28)16-17-6-4-3-5-7-17;1-2/h4,6-14,26H,3,5,16H2,1-2H3;1-2H3. The zero-order valence-electron chi connectivity index (χ0n) is 19.0. The highest BCUT2D eigenvalue weighted by atomic mass is 32.2. The van der Waals surface area contributed by atoms with E-state index < -0.39 is 11.0 Å². The topological polar surface area (TPSA) is 67.0 Å². The van der Waals surface area contributed by atoms with Crippen LogP contribution in [0.15, 0.2) is 66.3 Å². The molecule has 0 aliphatic heterocycles. The monoisotopic (exact) mass is 447 g/mol. The number of hydrogen-bond donors (Lipinski definition) is 1. The molecule has 1 aromatic heterocycles. The maximum Gasteiger partial charge on any atom is 0.121 e. The Balaban J connectivity index is 0.00000141. The van der Waals surface area contributed by atoms with Gasteiger partial charge in [0.25, 0.3) is 0 Å². The number of hydrogen-bond acceptors (Lipinski definition) is 3. The van der Waals surface area contributed by atoms with Gasteiger partial charge in [0.05, 0.1) is 29.6 Å². The minimum atomic E-state index is -1.19. The molecule has 1 heterocycles. The van der Waals surface area contributed by atoms with E-state index in [0.717, 1.165) is 52.0 Å². The van der Waals surface area contributed by atoms with Gasteiger partial charge in [-0.25, -0.2) is 4.21 Å². The number of anilines is 1. The summed E-state index contributed by atoms with van der Waals surface area (Å²) in [5.74, 6) is 1.24. The van der Waals surface area contributed by atoms with E-state index in [1.165, 1.54) is 0 Å². The third kappa shape index (κ3) is 4.95. The number of aryl methyl sites for hydroxylation is 1. The van der Waals surface area contributed by atoms with Crippen molar-refractivity contribution in [1.29, 1.82) is 5.26 Å². The average molecular weight is 448 g/mol. The Hall–Kier alpha value is -3.30. The quantitative estimate of drug-likeness (QED) is 0.496. The van der Waals surface area contributed by atoms with Gasteiger partial charge in [-0.1, -0.05) is 44.2 Å². The van der Waals surface area contributed by atoms with Crippen molar-refractivity contribution in [2.75, 3.05) is 17.6 Å². The van der Waals surface area contributed by atoms with Gasteiger partial charge >= 0.3 is 0 Å². The second kappa shape index (κ2) is 10.8. The van der Waals surface area contributed by atoms with Gasteiger partial charge in [-0.05, 0) is 48.2 Å². The van der Waals surface area contributed by atoms with Crippen LogP contribution >= 0.6 is 0 Å². The van der Waals surface area contributed by atoms with Crippen LogP contribution in [0.5, 0.6) is 5.75 Å². The zero-order valence-corrected chi connectivity index (χ0v) is 19.8. The fraction of sp³-hybridized carbons (Fsp3) is 0.269. The molecule has 166 valence electrons. The SMILES string of the molecule is CC.COc1ccc2c(C#N)c(-c3ccc(NS(=O)CC4=CCCC=C4)cc3)n(C)c2c1. The van der Waals surface area contributed by atoms with Crippen LogP contribution in [0.2, 0.25) is 0 Å². The van der Waals surface area contributed by atoms with E-state index in [-0.39, 0.29) is 0 Å². The van der Waals surface area contributed by atoms with E-state index in [1.54, 1.807) is 7.11 Å². The molecule has 4 rings (SSSR count). The Bertz CT molecular complexity index is 1210. The summed E-state index contributed by atoms with van der Waals surface area (Å²) < 4.78 is 22.8. The molecule has 6 heteroatoms. The first-order valence-corrected chi connectivity index (χ1v) is 12.1. The number of aromatic nitrogens is 1. The molecule has 0 amide bonds. The van der Waals surface area contributed by atoms with Crippen molar-refractivity contribution >= 4 is 27.6 Å². The molecule has 1 atom stereocenters. The summed E-state index contributed by atoms with van der Waals surface area (Å²) in [6.07, 6.45) is 8.37. The van der Waals surface area contributed by atoms with E-state index in [0.29, 0.717) is 11.3 Å². The first kappa shape index (κ1) is 23.4. The molecule has 1 unspecified atom stereocenters. The van der Waals surface area contributed by atoms with E-state index in [4.69, 9.17) is 4.74 Å². The number of methoxy groups -OCH3 is 1. The van der Waals surface area contributed by atoms with E-state index >= 15 is 0 Å². The van der Waals surface area contributed by atoms with Gasteiger partial charge in [-0.3, -0.25) is 0 Å². The zero-order chi connectivity index (χ0) is 23.1. The highest BCUT2D eigenvalue weighted by Crippen LogP contribution is 2.34. The first-order chi connectivity index (χ1) is 15.6. The molecule has 0 radical (unpaired) electrons. The van der Waals surface area contributed by atoms with Crippen LogP contribution in [-0.4, -0.2) is 21.6 Å². The third-order valence-electron chi connectivity index (χ3n) is 5.28. The molecule has 1 N–H and O–H groups in total. The molecule has 0 saturated carbocycles. The van der Waals surface area contributed by atoms with Crippen molar-refractivity contribution in [1.82, 2.24) is 4.57 Å². The second-order valence-corrected chi connectivity index (χ2v) is 8.39. The number of nitrogens with zero attached hydrogens (tertiary/aromatic N) is 2. The predicted molar refractivity (Wildman–Crippen MR) is 134 cm³/mol. The van der Waals surface area contributed by atoms with Crippen LogP contribution in [0.25, 0.3) is 22.2 Å². The van der Waals surface area contributed by atoms with Crippen molar-refractivity contribution in [3.63, 3.8) is 0 Å². The molecule has 32 heavy (non-hydrogen) atoms. The van der Waals surface area contributed by atoms with Gasteiger partial charge in [-0.2, -0.15) is 5.26 Å². The van der Waals surface area contributed by atoms with Gasteiger partial charge in [0.2, 0.25) is 0 Å². The molecule has 5 nitrogen and oxygen atoms in total. The smallest absolute Gasteiger partial charge is 0.121 e. The highest BCUT2D eigenvalue weighted by molar-refractivity contribution is 7.86.